The zero-order valence-corrected chi connectivity index (χ0v) is 18.4. The summed E-state index contributed by atoms with van der Waals surface area (Å²) in [7, 11) is 1.59. The zero-order valence-electron chi connectivity index (χ0n) is 18.4. The van der Waals surface area contributed by atoms with Crippen LogP contribution in [-0.4, -0.2) is 22.9 Å². The quantitative estimate of drug-likeness (QED) is 0.335. The normalized spacial score (nSPS) is 10.9. The molecule has 0 radical (unpaired) electrons. The number of para-hydroxylation sites is 1. The number of hydrazone groups is 1. The molecule has 0 aliphatic heterocycles. The van der Waals surface area contributed by atoms with Crippen LogP contribution in [0.5, 0.6) is 0 Å². The third kappa shape index (κ3) is 4.59. The Morgan fingerprint density at radius 1 is 1.09 bits per heavy atom. The van der Waals surface area contributed by atoms with Gasteiger partial charge in [-0.05, 0) is 30.7 Å². The number of pyridine rings is 1. The van der Waals surface area contributed by atoms with Crippen molar-refractivity contribution in [2.75, 3.05) is 12.5 Å². The first-order valence-corrected chi connectivity index (χ1v) is 10.4. The maximum absolute atomic E-state index is 9.60. The average molecular weight is 435 g/mol. The van der Waals surface area contributed by atoms with E-state index in [-0.39, 0.29) is 0 Å². The van der Waals surface area contributed by atoms with Crippen molar-refractivity contribution >= 4 is 22.9 Å². The van der Waals surface area contributed by atoms with Crippen LogP contribution in [0, 0.1) is 29.6 Å². The van der Waals surface area contributed by atoms with Crippen LogP contribution in [0.15, 0.2) is 65.9 Å². The number of anilines is 1. The first kappa shape index (κ1) is 21.8. The molecular formula is C26H22N6O. The summed E-state index contributed by atoms with van der Waals surface area (Å²) < 4.78 is 7.31. The molecule has 2 heterocycles. The first-order chi connectivity index (χ1) is 16.1. The summed E-state index contributed by atoms with van der Waals surface area (Å²) in [5.74, 6) is 0.396. The number of benzene rings is 2. The standard InChI is InChI=1S/C26H22N6O/c1-18-11-21(17-33-2)24(13-28)26(30-18)31-29-14-22-16-32(25-10-6-5-9-23(22)25)15-20-8-4-3-7-19(20)12-27/h3-11,14,16H,15,17H2,1-2H3,(H,30,31)/b29-14-. The van der Waals surface area contributed by atoms with Crippen LogP contribution in [0.25, 0.3) is 10.9 Å². The van der Waals surface area contributed by atoms with E-state index in [1.807, 2.05) is 67.7 Å². The molecule has 162 valence electrons. The third-order valence-corrected chi connectivity index (χ3v) is 5.31. The summed E-state index contributed by atoms with van der Waals surface area (Å²) in [4.78, 5) is 4.42. The van der Waals surface area contributed by atoms with E-state index < -0.39 is 0 Å². The van der Waals surface area contributed by atoms with Crippen LogP contribution in [-0.2, 0) is 17.9 Å². The van der Waals surface area contributed by atoms with Gasteiger partial charge in [-0.1, -0.05) is 36.4 Å². The van der Waals surface area contributed by atoms with Gasteiger partial charge in [-0.3, -0.25) is 5.43 Å². The van der Waals surface area contributed by atoms with E-state index in [1.165, 1.54) is 0 Å². The summed E-state index contributed by atoms with van der Waals surface area (Å²) in [5.41, 5.74) is 8.44. The van der Waals surface area contributed by atoms with E-state index in [0.717, 1.165) is 33.3 Å². The number of nitriles is 2. The highest BCUT2D eigenvalue weighted by molar-refractivity contribution is 5.99. The Hall–Kier alpha value is -4.46. The third-order valence-electron chi connectivity index (χ3n) is 5.31. The van der Waals surface area contributed by atoms with Crippen LogP contribution in [0.3, 0.4) is 0 Å². The highest BCUT2D eigenvalue weighted by atomic mass is 16.5. The van der Waals surface area contributed by atoms with Crippen LogP contribution >= 0.6 is 0 Å². The van der Waals surface area contributed by atoms with E-state index in [2.05, 4.69) is 32.2 Å². The molecule has 33 heavy (non-hydrogen) atoms. The monoisotopic (exact) mass is 434 g/mol. The second-order valence-electron chi connectivity index (χ2n) is 7.56. The molecule has 2 aromatic heterocycles. The Morgan fingerprint density at radius 2 is 1.88 bits per heavy atom. The lowest BCUT2D eigenvalue weighted by Gasteiger charge is -2.09. The smallest absolute Gasteiger partial charge is 0.164 e. The lowest BCUT2D eigenvalue weighted by Crippen LogP contribution is -2.03. The molecule has 7 heteroatoms. The number of nitrogens with one attached hydrogen (secondary N) is 1. The lowest BCUT2D eigenvalue weighted by molar-refractivity contribution is 0.184. The minimum absolute atomic E-state index is 0.322. The van der Waals surface area contributed by atoms with E-state index in [0.29, 0.717) is 30.1 Å². The first-order valence-electron chi connectivity index (χ1n) is 10.4. The lowest BCUT2D eigenvalue weighted by atomic mass is 10.1. The average Bonchev–Trinajstić information content (AvgIpc) is 3.17. The van der Waals surface area contributed by atoms with Crippen LogP contribution < -0.4 is 5.43 Å². The number of ether oxygens (including phenoxy) is 1. The van der Waals surface area contributed by atoms with Gasteiger partial charge in [0, 0.05) is 47.6 Å². The fourth-order valence-electron chi connectivity index (χ4n) is 3.84. The summed E-state index contributed by atoms with van der Waals surface area (Å²) >= 11 is 0. The highest BCUT2D eigenvalue weighted by Crippen LogP contribution is 2.23. The SMILES string of the molecule is COCc1cc(C)nc(N/N=C\c2cn(Cc3ccccc3C#N)c3ccccc23)c1C#N. The number of hydrogen-bond donors (Lipinski definition) is 1. The van der Waals surface area contributed by atoms with Gasteiger partial charge >= 0.3 is 0 Å². The molecule has 0 fully saturated rings. The number of nitrogens with zero attached hydrogens (tertiary/aromatic N) is 5. The molecule has 0 aliphatic rings. The van der Waals surface area contributed by atoms with Crippen LogP contribution in [0.4, 0.5) is 5.82 Å². The number of hydrogen-bond acceptors (Lipinski definition) is 6. The summed E-state index contributed by atoms with van der Waals surface area (Å²) in [6, 6.07) is 21.9. The molecule has 0 unspecified atom stereocenters. The zero-order chi connectivity index (χ0) is 23.2. The molecule has 0 saturated heterocycles. The van der Waals surface area contributed by atoms with Crippen molar-refractivity contribution in [1.82, 2.24) is 9.55 Å². The summed E-state index contributed by atoms with van der Waals surface area (Å²) in [6.45, 7) is 2.76. The van der Waals surface area contributed by atoms with Crippen LogP contribution in [0.2, 0.25) is 0 Å². The number of fused-ring (bicyclic) bond motifs is 1. The second-order valence-corrected chi connectivity index (χ2v) is 7.56. The Bertz CT molecular complexity index is 1420. The minimum Gasteiger partial charge on any atom is -0.380 e. The van der Waals surface area contributed by atoms with Gasteiger partial charge in [-0.2, -0.15) is 15.6 Å². The Labute approximate surface area is 192 Å². The van der Waals surface area contributed by atoms with Gasteiger partial charge in [0.25, 0.3) is 0 Å². The van der Waals surface area contributed by atoms with Crippen molar-refractivity contribution < 1.29 is 4.74 Å². The van der Waals surface area contributed by atoms with Gasteiger partial charge in [0.2, 0.25) is 0 Å². The number of methoxy groups -OCH3 is 1. The maximum Gasteiger partial charge on any atom is 0.164 e. The molecule has 0 spiro atoms. The fourth-order valence-corrected chi connectivity index (χ4v) is 3.84. The Morgan fingerprint density at radius 3 is 2.67 bits per heavy atom. The largest absolute Gasteiger partial charge is 0.380 e. The van der Waals surface area contributed by atoms with Crippen molar-refractivity contribution in [3.05, 3.63) is 94.3 Å². The maximum atomic E-state index is 9.60. The molecule has 7 nitrogen and oxygen atoms in total. The summed E-state index contributed by atoms with van der Waals surface area (Å²) in [5, 5.41) is 24.4. The van der Waals surface area contributed by atoms with Gasteiger partial charge in [0.1, 0.15) is 11.6 Å². The van der Waals surface area contributed by atoms with Crippen molar-refractivity contribution in [2.24, 2.45) is 5.10 Å². The van der Waals surface area contributed by atoms with Gasteiger partial charge in [-0.25, -0.2) is 4.98 Å². The second kappa shape index (κ2) is 9.78. The van der Waals surface area contributed by atoms with Gasteiger partial charge in [0.05, 0.1) is 24.5 Å². The van der Waals surface area contributed by atoms with Crippen molar-refractivity contribution in [3.8, 4) is 12.1 Å². The van der Waals surface area contributed by atoms with Gasteiger partial charge < -0.3 is 9.30 Å². The number of rotatable bonds is 7. The van der Waals surface area contributed by atoms with Crippen molar-refractivity contribution in [3.63, 3.8) is 0 Å². The topological polar surface area (TPSA) is 99.0 Å². The predicted octanol–water partition coefficient (Wildman–Crippen LogP) is 4.73. The number of aryl methyl sites for hydroxylation is 1. The molecule has 4 rings (SSSR count). The van der Waals surface area contributed by atoms with Gasteiger partial charge in [0.15, 0.2) is 5.82 Å². The predicted molar refractivity (Wildman–Crippen MR) is 128 cm³/mol. The molecular weight excluding hydrogens is 412 g/mol. The molecule has 0 aliphatic carbocycles. The molecule has 4 aromatic rings. The molecule has 0 atom stereocenters. The minimum atomic E-state index is 0.322. The molecule has 2 aromatic carbocycles. The number of aromatic nitrogens is 2. The van der Waals surface area contributed by atoms with Crippen LogP contribution in [0.1, 0.15) is 33.5 Å². The molecule has 1 N–H and O–H groups in total. The Kier molecular flexibility index (Phi) is 6.45. The van der Waals surface area contributed by atoms with Crippen molar-refractivity contribution in [1.29, 1.82) is 10.5 Å². The molecule has 0 amide bonds. The van der Waals surface area contributed by atoms with Gasteiger partial charge in [-0.15, -0.1) is 0 Å². The van der Waals surface area contributed by atoms with E-state index in [9.17, 15) is 10.5 Å². The van der Waals surface area contributed by atoms with E-state index in [1.54, 1.807) is 13.3 Å². The fraction of sp³-hybridized carbons (Fsp3) is 0.154. The molecule has 0 saturated carbocycles. The summed E-state index contributed by atoms with van der Waals surface area (Å²) in [6.07, 6.45) is 3.73. The Balaban J connectivity index is 1.66. The van der Waals surface area contributed by atoms with E-state index in [4.69, 9.17) is 4.74 Å². The van der Waals surface area contributed by atoms with E-state index >= 15 is 0 Å². The van der Waals surface area contributed by atoms with Crippen molar-refractivity contribution in [2.45, 2.75) is 20.1 Å². The highest BCUT2D eigenvalue weighted by Gasteiger charge is 2.12. The molecule has 0 bridgehead atoms.